The van der Waals surface area contributed by atoms with Crippen molar-refractivity contribution in [3.05, 3.63) is 59.7 Å². The number of phenolic OH excluding ortho intramolecular Hbond substituents is 1. The van der Waals surface area contributed by atoms with E-state index in [1.54, 1.807) is 12.1 Å². The second-order valence-electron chi connectivity index (χ2n) is 5.00. The van der Waals surface area contributed by atoms with Gasteiger partial charge in [0.25, 0.3) is 5.91 Å². The van der Waals surface area contributed by atoms with Gasteiger partial charge in [-0.2, -0.15) is 0 Å². The van der Waals surface area contributed by atoms with E-state index in [1.165, 1.54) is 43.3 Å². The van der Waals surface area contributed by atoms with E-state index in [1.807, 2.05) is 0 Å². The van der Waals surface area contributed by atoms with Crippen LogP contribution in [-0.2, 0) is 9.53 Å². The van der Waals surface area contributed by atoms with E-state index < -0.39 is 23.9 Å². The third-order valence-electron chi connectivity index (χ3n) is 3.21. The normalized spacial score (nSPS) is 11.4. The van der Waals surface area contributed by atoms with Crippen LogP contribution in [0.2, 0.25) is 0 Å². The number of carbonyl (C=O) groups excluding carboxylic acids is 3. The highest BCUT2D eigenvalue weighted by molar-refractivity contribution is 5.99. The Kier molecular flexibility index (Phi) is 5.16. The second-order valence-corrected chi connectivity index (χ2v) is 5.00. The Morgan fingerprint density at radius 1 is 1.08 bits per heavy atom. The Morgan fingerprint density at radius 3 is 2.29 bits per heavy atom. The number of esters is 1. The standard InChI is InChI=1S/C17H16N2O5/c1-10(24-17(23)13-4-2-3-5-14(13)20)16(22)19-12-8-6-11(7-9-12)15(18)21/h2-10,20H,1H3,(H2,18,21)(H,19,22). The van der Waals surface area contributed by atoms with Gasteiger partial charge < -0.3 is 20.9 Å². The average Bonchev–Trinajstić information content (AvgIpc) is 2.55. The molecule has 0 heterocycles. The minimum Gasteiger partial charge on any atom is -0.507 e. The van der Waals surface area contributed by atoms with Crippen LogP contribution in [0, 0.1) is 0 Å². The monoisotopic (exact) mass is 328 g/mol. The fourth-order valence-electron chi connectivity index (χ4n) is 1.89. The molecule has 4 N–H and O–H groups in total. The van der Waals surface area contributed by atoms with Crippen molar-refractivity contribution in [1.82, 2.24) is 0 Å². The van der Waals surface area contributed by atoms with Crippen LogP contribution in [0.1, 0.15) is 27.6 Å². The first-order chi connectivity index (χ1) is 11.4. The van der Waals surface area contributed by atoms with Gasteiger partial charge in [-0.25, -0.2) is 4.79 Å². The lowest BCUT2D eigenvalue weighted by Gasteiger charge is -2.14. The molecule has 0 aliphatic rings. The van der Waals surface area contributed by atoms with E-state index in [9.17, 15) is 19.5 Å². The number of ether oxygens (including phenoxy) is 1. The summed E-state index contributed by atoms with van der Waals surface area (Å²) in [7, 11) is 0. The third kappa shape index (κ3) is 4.10. The van der Waals surface area contributed by atoms with Crippen molar-refractivity contribution in [2.24, 2.45) is 5.73 Å². The molecule has 7 nitrogen and oxygen atoms in total. The molecule has 0 fully saturated rings. The van der Waals surface area contributed by atoms with Crippen molar-refractivity contribution >= 4 is 23.5 Å². The minimum atomic E-state index is -1.08. The number of hydrogen-bond acceptors (Lipinski definition) is 5. The highest BCUT2D eigenvalue weighted by Gasteiger charge is 2.20. The van der Waals surface area contributed by atoms with Crippen molar-refractivity contribution in [3.63, 3.8) is 0 Å². The van der Waals surface area contributed by atoms with E-state index in [2.05, 4.69) is 5.32 Å². The first-order valence-corrected chi connectivity index (χ1v) is 7.08. The summed E-state index contributed by atoms with van der Waals surface area (Å²) < 4.78 is 5.03. The minimum absolute atomic E-state index is 0.0250. The van der Waals surface area contributed by atoms with E-state index in [0.717, 1.165) is 0 Å². The van der Waals surface area contributed by atoms with Gasteiger partial charge in [0.2, 0.25) is 5.91 Å². The molecule has 2 rings (SSSR count). The van der Waals surface area contributed by atoms with Gasteiger partial charge in [-0.1, -0.05) is 12.1 Å². The molecule has 0 aliphatic heterocycles. The molecule has 0 spiro atoms. The van der Waals surface area contributed by atoms with Crippen LogP contribution in [0.15, 0.2) is 48.5 Å². The maximum Gasteiger partial charge on any atom is 0.342 e. The predicted octanol–water partition coefficient (Wildman–Crippen LogP) is 1.68. The van der Waals surface area contributed by atoms with Gasteiger partial charge in [-0.05, 0) is 43.3 Å². The van der Waals surface area contributed by atoms with Gasteiger partial charge in [0.1, 0.15) is 11.3 Å². The lowest BCUT2D eigenvalue weighted by molar-refractivity contribution is -0.123. The van der Waals surface area contributed by atoms with Crippen LogP contribution in [0.4, 0.5) is 5.69 Å². The number of primary amides is 1. The van der Waals surface area contributed by atoms with Gasteiger partial charge in [-0.15, -0.1) is 0 Å². The molecule has 1 unspecified atom stereocenters. The molecule has 24 heavy (non-hydrogen) atoms. The Morgan fingerprint density at radius 2 is 1.71 bits per heavy atom. The Hall–Kier alpha value is -3.35. The Balaban J connectivity index is 1.98. The van der Waals surface area contributed by atoms with Gasteiger partial charge >= 0.3 is 5.97 Å². The van der Waals surface area contributed by atoms with Crippen LogP contribution < -0.4 is 11.1 Å². The largest absolute Gasteiger partial charge is 0.507 e. The first-order valence-electron chi connectivity index (χ1n) is 7.08. The van der Waals surface area contributed by atoms with Gasteiger partial charge in [0.05, 0.1) is 0 Å². The number of aromatic hydroxyl groups is 1. The van der Waals surface area contributed by atoms with Crippen molar-refractivity contribution < 1.29 is 24.2 Å². The molecular formula is C17H16N2O5. The molecule has 2 aromatic carbocycles. The van der Waals surface area contributed by atoms with E-state index in [4.69, 9.17) is 10.5 Å². The van der Waals surface area contributed by atoms with E-state index in [-0.39, 0.29) is 11.3 Å². The smallest absolute Gasteiger partial charge is 0.342 e. The quantitative estimate of drug-likeness (QED) is 0.721. The maximum atomic E-state index is 12.0. The lowest BCUT2D eigenvalue weighted by Crippen LogP contribution is -2.30. The molecular weight excluding hydrogens is 312 g/mol. The predicted molar refractivity (Wildman–Crippen MR) is 86.6 cm³/mol. The number of benzene rings is 2. The number of anilines is 1. The van der Waals surface area contributed by atoms with Crippen molar-refractivity contribution in [2.75, 3.05) is 5.32 Å². The molecule has 2 amide bonds. The number of carbonyl (C=O) groups is 3. The number of amides is 2. The molecule has 0 aliphatic carbocycles. The van der Waals surface area contributed by atoms with Crippen LogP contribution in [0.25, 0.3) is 0 Å². The summed E-state index contributed by atoms with van der Waals surface area (Å²) in [5.74, 6) is -2.15. The number of rotatable bonds is 5. The summed E-state index contributed by atoms with van der Waals surface area (Å²) >= 11 is 0. The zero-order chi connectivity index (χ0) is 17.7. The van der Waals surface area contributed by atoms with Crippen LogP contribution in [-0.4, -0.2) is 29.0 Å². The molecule has 0 saturated carbocycles. The number of nitrogens with one attached hydrogen (secondary N) is 1. The molecule has 1 atom stereocenters. The SMILES string of the molecule is CC(OC(=O)c1ccccc1O)C(=O)Nc1ccc(C(N)=O)cc1. The number of hydrogen-bond donors (Lipinski definition) is 3. The summed E-state index contributed by atoms with van der Waals surface area (Å²) in [6.45, 7) is 1.41. The average molecular weight is 328 g/mol. The molecule has 7 heteroatoms. The van der Waals surface area contributed by atoms with Gasteiger partial charge in [-0.3, -0.25) is 9.59 Å². The highest BCUT2D eigenvalue weighted by atomic mass is 16.5. The zero-order valence-electron chi connectivity index (χ0n) is 12.9. The molecule has 2 aromatic rings. The molecule has 0 radical (unpaired) electrons. The van der Waals surface area contributed by atoms with Gasteiger partial charge in [0, 0.05) is 11.3 Å². The van der Waals surface area contributed by atoms with Crippen molar-refractivity contribution in [2.45, 2.75) is 13.0 Å². The Bertz CT molecular complexity index is 771. The maximum absolute atomic E-state index is 12.0. The second kappa shape index (κ2) is 7.28. The van der Waals surface area contributed by atoms with Crippen molar-refractivity contribution in [1.29, 1.82) is 0 Å². The first kappa shape index (κ1) is 17.0. The highest BCUT2D eigenvalue weighted by Crippen LogP contribution is 2.17. The number of phenols is 1. The number of nitrogens with two attached hydrogens (primary N) is 1. The van der Waals surface area contributed by atoms with E-state index in [0.29, 0.717) is 11.3 Å². The Labute approximate surface area is 138 Å². The summed E-state index contributed by atoms with van der Waals surface area (Å²) in [6.07, 6.45) is -1.08. The molecule has 0 saturated heterocycles. The summed E-state index contributed by atoms with van der Waals surface area (Å²) in [5.41, 5.74) is 5.84. The fourth-order valence-corrected chi connectivity index (χ4v) is 1.89. The number of para-hydroxylation sites is 1. The van der Waals surface area contributed by atoms with Crippen LogP contribution in [0.3, 0.4) is 0 Å². The molecule has 0 bridgehead atoms. The lowest BCUT2D eigenvalue weighted by atomic mass is 10.2. The van der Waals surface area contributed by atoms with E-state index >= 15 is 0 Å². The van der Waals surface area contributed by atoms with Crippen molar-refractivity contribution in [3.8, 4) is 5.75 Å². The molecule has 0 aromatic heterocycles. The fraction of sp³-hybridized carbons (Fsp3) is 0.118. The third-order valence-corrected chi connectivity index (χ3v) is 3.21. The summed E-state index contributed by atoms with van der Waals surface area (Å²) in [4.78, 5) is 35.0. The van der Waals surface area contributed by atoms with Crippen LogP contribution in [0.5, 0.6) is 5.75 Å². The van der Waals surface area contributed by atoms with Gasteiger partial charge in [0.15, 0.2) is 6.10 Å². The summed E-state index contributed by atoms with van der Waals surface area (Å²) in [5, 5.41) is 12.1. The van der Waals surface area contributed by atoms with Crippen LogP contribution >= 0.6 is 0 Å². The summed E-state index contributed by atoms with van der Waals surface area (Å²) in [6, 6.07) is 11.8. The zero-order valence-corrected chi connectivity index (χ0v) is 12.9. The molecule has 124 valence electrons. The topological polar surface area (TPSA) is 119 Å².